The van der Waals surface area contributed by atoms with E-state index in [9.17, 15) is 9.59 Å². The zero-order valence-corrected chi connectivity index (χ0v) is 13.2. The molecule has 1 aromatic heterocycles. The number of aromatic nitrogens is 1. The minimum Gasteiger partial charge on any atom is -0.466 e. The van der Waals surface area contributed by atoms with E-state index in [0.717, 1.165) is 16.5 Å². The van der Waals surface area contributed by atoms with Crippen molar-refractivity contribution in [2.24, 2.45) is 5.92 Å². The second kappa shape index (κ2) is 6.36. The monoisotopic (exact) mass is 313 g/mol. The average molecular weight is 313 g/mol. The summed E-state index contributed by atoms with van der Waals surface area (Å²) in [6.45, 7) is 4.25. The standard InChI is InChI=1S/C18H19NO4/c1-3-22-17(20)14-8-11-6-5-7-19-16(11)10-13(14)12-9-15(12)18(21)23-4-2/h5-8,10,12,15H,3-4,9H2,1-2H3. The lowest BCUT2D eigenvalue weighted by Crippen LogP contribution is -2.11. The van der Waals surface area contributed by atoms with Gasteiger partial charge in [0.1, 0.15) is 0 Å². The number of esters is 2. The minimum atomic E-state index is -0.359. The summed E-state index contributed by atoms with van der Waals surface area (Å²) in [5.74, 6) is -0.736. The number of carbonyl (C=O) groups is 2. The molecule has 0 bridgehead atoms. The van der Waals surface area contributed by atoms with Crippen LogP contribution in [0.2, 0.25) is 0 Å². The summed E-state index contributed by atoms with van der Waals surface area (Å²) in [5, 5.41) is 0.882. The van der Waals surface area contributed by atoms with Gasteiger partial charge in [0.25, 0.3) is 0 Å². The molecule has 1 fully saturated rings. The highest BCUT2D eigenvalue weighted by Gasteiger charge is 2.46. The average Bonchev–Trinajstić information content (AvgIpc) is 3.34. The van der Waals surface area contributed by atoms with Crippen LogP contribution in [0.4, 0.5) is 0 Å². The lowest BCUT2D eigenvalue weighted by molar-refractivity contribution is -0.144. The summed E-state index contributed by atoms with van der Waals surface area (Å²) < 4.78 is 10.2. The molecule has 1 saturated carbocycles. The Hall–Kier alpha value is -2.43. The van der Waals surface area contributed by atoms with Crippen LogP contribution in [-0.4, -0.2) is 30.1 Å². The Morgan fingerprint density at radius 2 is 2.00 bits per heavy atom. The van der Waals surface area contributed by atoms with Crippen molar-refractivity contribution in [2.45, 2.75) is 26.2 Å². The Bertz CT molecular complexity index is 756. The Labute approximate surface area is 134 Å². The molecule has 120 valence electrons. The van der Waals surface area contributed by atoms with Crippen LogP contribution in [0.3, 0.4) is 0 Å². The van der Waals surface area contributed by atoms with Crippen molar-refractivity contribution < 1.29 is 19.1 Å². The van der Waals surface area contributed by atoms with Crippen LogP contribution in [0, 0.1) is 5.92 Å². The van der Waals surface area contributed by atoms with Crippen LogP contribution in [0.5, 0.6) is 0 Å². The number of hydrogen-bond acceptors (Lipinski definition) is 5. The third-order valence-electron chi connectivity index (χ3n) is 4.05. The Kier molecular flexibility index (Phi) is 4.28. The molecule has 0 radical (unpaired) electrons. The quantitative estimate of drug-likeness (QED) is 0.794. The van der Waals surface area contributed by atoms with E-state index in [1.165, 1.54) is 0 Å². The molecule has 5 heteroatoms. The molecular formula is C18H19NO4. The second-order valence-electron chi connectivity index (χ2n) is 5.56. The molecule has 1 aliphatic rings. The maximum absolute atomic E-state index is 12.3. The molecule has 0 amide bonds. The number of hydrogen-bond donors (Lipinski definition) is 0. The molecular weight excluding hydrogens is 294 g/mol. The highest BCUT2D eigenvalue weighted by Crippen LogP contribution is 2.50. The first-order valence-electron chi connectivity index (χ1n) is 7.88. The molecule has 1 aromatic carbocycles. The van der Waals surface area contributed by atoms with Crippen molar-refractivity contribution in [1.82, 2.24) is 4.98 Å². The highest BCUT2D eigenvalue weighted by molar-refractivity contribution is 5.97. The number of rotatable bonds is 5. The molecule has 0 N–H and O–H groups in total. The predicted molar refractivity (Wildman–Crippen MR) is 85.2 cm³/mol. The van der Waals surface area contributed by atoms with E-state index < -0.39 is 0 Å². The zero-order valence-electron chi connectivity index (χ0n) is 13.2. The number of fused-ring (bicyclic) bond motifs is 1. The minimum absolute atomic E-state index is 0.000128. The van der Waals surface area contributed by atoms with E-state index in [0.29, 0.717) is 25.2 Å². The fraction of sp³-hybridized carbons (Fsp3) is 0.389. The van der Waals surface area contributed by atoms with E-state index in [2.05, 4.69) is 4.98 Å². The first-order chi connectivity index (χ1) is 11.2. The first kappa shape index (κ1) is 15.5. The van der Waals surface area contributed by atoms with Crippen LogP contribution < -0.4 is 0 Å². The molecule has 2 aromatic rings. The van der Waals surface area contributed by atoms with E-state index in [1.807, 2.05) is 18.2 Å². The maximum Gasteiger partial charge on any atom is 0.338 e. The smallest absolute Gasteiger partial charge is 0.338 e. The fourth-order valence-corrected chi connectivity index (χ4v) is 2.88. The van der Waals surface area contributed by atoms with E-state index in [4.69, 9.17) is 9.47 Å². The van der Waals surface area contributed by atoms with Gasteiger partial charge in [-0.3, -0.25) is 9.78 Å². The molecule has 1 aliphatic carbocycles. The van der Waals surface area contributed by atoms with Gasteiger partial charge in [-0.2, -0.15) is 0 Å². The van der Waals surface area contributed by atoms with Crippen LogP contribution in [0.15, 0.2) is 30.5 Å². The molecule has 1 heterocycles. The molecule has 0 spiro atoms. The largest absolute Gasteiger partial charge is 0.466 e. The molecule has 2 unspecified atom stereocenters. The van der Waals surface area contributed by atoms with Gasteiger partial charge in [-0.25, -0.2) is 4.79 Å². The molecule has 5 nitrogen and oxygen atoms in total. The maximum atomic E-state index is 12.3. The molecule has 23 heavy (non-hydrogen) atoms. The van der Waals surface area contributed by atoms with Gasteiger partial charge in [-0.15, -0.1) is 0 Å². The van der Waals surface area contributed by atoms with Gasteiger partial charge >= 0.3 is 11.9 Å². The van der Waals surface area contributed by atoms with Crippen LogP contribution >= 0.6 is 0 Å². The predicted octanol–water partition coefficient (Wildman–Crippen LogP) is 3.08. The Morgan fingerprint density at radius 1 is 1.22 bits per heavy atom. The van der Waals surface area contributed by atoms with Gasteiger partial charge in [0.15, 0.2) is 0 Å². The summed E-state index contributed by atoms with van der Waals surface area (Å²) in [5.41, 5.74) is 2.15. The van der Waals surface area contributed by atoms with Gasteiger partial charge in [0, 0.05) is 11.6 Å². The summed E-state index contributed by atoms with van der Waals surface area (Å²) >= 11 is 0. The SMILES string of the molecule is CCOC(=O)c1cc2cccnc2cc1C1CC1C(=O)OCC. The van der Waals surface area contributed by atoms with E-state index >= 15 is 0 Å². The van der Waals surface area contributed by atoms with Gasteiger partial charge in [0.2, 0.25) is 0 Å². The van der Waals surface area contributed by atoms with Crippen molar-refractivity contribution in [3.8, 4) is 0 Å². The Balaban J connectivity index is 1.99. The number of ether oxygens (including phenoxy) is 2. The number of benzene rings is 1. The van der Waals surface area contributed by atoms with Crippen molar-refractivity contribution in [2.75, 3.05) is 13.2 Å². The van der Waals surface area contributed by atoms with Crippen LogP contribution in [0.25, 0.3) is 10.9 Å². The number of pyridine rings is 1. The lowest BCUT2D eigenvalue weighted by Gasteiger charge is -2.10. The topological polar surface area (TPSA) is 65.5 Å². The number of carbonyl (C=O) groups excluding carboxylic acids is 2. The fourth-order valence-electron chi connectivity index (χ4n) is 2.88. The van der Waals surface area contributed by atoms with Gasteiger partial charge in [0.05, 0.1) is 30.2 Å². The molecule has 0 saturated heterocycles. The second-order valence-corrected chi connectivity index (χ2v) is 5.56. The first-order valence-corrected chi connectivity index (χ1v) is 7.88. The summed E-state index contributed by atoms with van der Waals surface area (Å²) in [4.78, 5) is 28.5. The van der Waals surface area contributed by atoms with Gasteiger partial charge in [-0.1, -0.05) is 6.07 Å². The third kappa shape index (κ3) is 3.04. The normalized spacial score (nSPS) is 19.4. The summed E-state index contributed by atoms with van der Waals surface area (Å²) in [6, 6.07) is 7.43. The van der Waals surface area contributed by atoms with Crippen molar-refractivity contribution in [3.05, 3.63) is 41.6 Å². The van der Waals surface area contributed by atoms with Gasteiger partial charge in [-0.05, 0) is 49.9 Å². The van der Waals surface area contributed by atoms with E-state index in [1.54, 1.807) is 26.1 Å². The third-order valence-corrected chi connectivity index (χ3v) is 4.05. The molecule has 0 aliphatic heterocycles. The van der Waals surface area contributed by atoms with Crippen LogP contribution in [0.1, 0.15) is 42.1 Å². The van der Waals surface area contributed by atoms with E-state index in [-0.39, 0.29) is 23.8 Å². The zero-order chi connectivity index (χ0) is 16.4. The molecule has 3 rings (SSSR count). The molecule has 2 atom stereocenters. The van der Waals surface area contributed by atoms with Crippen molar-refractivity contribution in [3.63, 3.8) is 0 Å². The van der Waals surface area contributed by atoms with Crippen LogP contribution in [-0.2, 0) is 14.3 Å². The lowest BCUT2D eigenvalue weighted by atomic mass is 9.99. The highest BCUT2D eigenvalue weighted by atomic mass is 16.5. The number of nitrogens with zero attached hydrogens (tertiary/aromatic N) is 1. The van der Waals surface area contributed by atoms with Crippen molar-refractivity contribution in [1.29, 1.82) is 0 Å². The summed E-state index contributed by atoms with van der Waals surface area (Å²) in [7, 11) is 0. The van der Waals surface area contributed by atoms with Crippen molar-refractivity contribution >= 4 is 22.8 Å². The Morgan fingerprint density at radius 3 is 2.74 bits per heavy atom. The van der Waals surface area contributed by atoms with Gasteiger partial charge < -0.3 is 9.47 Å². The summed E-state index contributed by atoms with van der Waals surface area (Å²) in [6.07, 6.45) is 2.41.